The molecule has 0 bridgehead atoms. The number of benzene rings is 2. The maximum absolute atomic E-state index is 12.5. The second-order valence-corrected chi connectivity index (χ2v) is 7.14. The van der Waals surface area contributed by atoms with Gasteiger partial charge in [0, 0.05) is 56.3 Å². The molecule has 150 valence electrons. The van der Waals surface area contributed by atoms with Crippen molar-refractivity contribution in [3.63, 3.8) is 0 Å². The zero-order chi connectivity index (χ0) is 19.9. The number of nitrogens with zero attached hydrogens (tertiary/aromatic N) is 3. The molecule has 0 saturated carbocycles. The summed E-state index contributed by atoms with van der Waals surface area (Å²) in [5.41, 5.74) is 4.63. The Hall–Kier alpha value is -2.69. The number of carbonyl (C=O) groups is 1. The molecule has 1 aliphatic rings. The molecule has 0 unspecified atom stereocenters. The van der Waals surface area contributed by atoms with Crippen molar-refractivity contribution in [2.24, 2.45) is 0 Å². The maximum atomic E-state index is 12.5. The molecule has 2 aromatic rings. The van der Waals surface area contributed by atoms with Crippen molar-refractivity contribution < 1.29 is 4.79 Å². The van der Waals surface area contributed by atoms with E-state index in [9.17, 15) is 4.79 Å². The summed E-state index contributed by atoms with van der Waals surface area (Å²) in [7, 11) is 0. The summed E-state index contributed by atoms with van der Waals surface area (Å²) in [5, 5.41) is 3.01. The minimum atomic E-state index is -0.0132. The average molecular weight is 381 g/mol. The van der Waals surface area contributed by atoms with Crippen LogP contribution in [0.25, 0.3) is 0 Å². The SMILES string of the molecule is CCc1ccc(NC(=O)N2CCN(c3ccc(N(CC)CC)cc3)CC2)cc1. The minimum absolute atomic E-state index is 0.0132. The van der Waals surface area contributed by atoms with Crippen molar-refractivity contribution in [1.29, 1.82) is 0 Å². The fraction of sp³-hybridized carbons (Fsp3) is 0.435. The normalized spacial score (nSPS) is 14.1. The number of hydrogen-bond donors (Lipinski definition) is 1. The largest absolute Gasteiger partial charge is 0.372 e. The molecule has 2 amide bonds. The Kier molecular flexibility index (Phi) is 6.80. The number of hydrogen-bond acceptors (Lipinski definition) is 3. The minimum Gasteiger partial charge on any atom is -0.372 e. The third kappa shape index (κ3) is 4.77. The van der Waals surface area contributed by atoms with Gasteiger partial charge in [0.05, 0.1) is 0 Å². The van der Waals surface area contributed by atoms with E-state index in [2.05, 4.69) is 72.3 Å². The highest BCUT2D eigenvalue weighted by Crippen LogP contribution is 2.22. The molecule has 2 aromatic carbocycles. The highest BCUT2D eigenvalue weighted by Gasteiger charge is 2.21. The van der Waals surface area contributed by atoms with Gasteiger partial charge in [-0.3, -0.25) is 0 Å². The zero-order valence-electron chi connectivity index (χ0n) is 17.3. The van der Waals surface area contributed by atoms with Gasteiger partial charge in [-0.1, -0.05) is 19.1 Å². The van der Waals surface area contributed by atoms with Crippen molar-refractivity contribution >= 4 is 23.1 Å². The first-order valence-electron chi connectivity index (χ1n) is 10.4. The van der Waals surface area contributed by atoms with Crippen LogP contribution in [-0.4, -0.2) is 50.2 Å². The summed E-state index contributed by atoms with van der Waals surface area (Å²) < 4.78 is 0. The van der Waals surface area contributed by atoms with Crippen LogP contribution in [0.3, 0.4) is 0 Å². The highest BCUT2D eigenvalue weighted by molar-refractivity contribution is 5.89. The van der Waals surface area contributed by atoms with E-state index >= 15 is 0 Å². The van der Waals surface area contributed by atoms with Crippen LogP contribution in [0.5, 0.6) is 0 Å². The van der Waals surface area contributed by atoms with Gasteiger partial charge in [-0.15, -0.1) is 0 Å². The smallest absolute Gasteiger partial charge is 0.321 e. The van der Waals surface area contributed by atoms with E-state index in [-0.39, 0.29) is 6.03 Å². The molecule has 1 saturated heterocycles. The van der Waals surface area contributed by atoms with Gasteiger partial charge in [-0.2, -0.15) is 0 Å². The number of amides is 2. The van der Waals surface area contributed by atoms with E-state index in [1.54, 1.807) is 0 Å². The Morgan fingerprint density at radius 3 is 2.04 bits per heavy atom. The maximum Gasteiger partial charge on any atom is 0.321 e. The fourth-order valence-corrected chi connectivity index (χ4v) is 3.66. The third-order valence-electron chi connectivity index (χ3n) is 5.52. The van der Waals surface area contributed by atoms with Gasteiger partial charge in [0.2, 0.25) is 0 Å². The summed E-state index contributed by atoms with van der Waals surface area (Å²) in [5.74, 6) is 0. The number of rotatable bonds is 6. The zero-order valence-corrected chi connectivity index (χ0v) is 17.3. The van der Waals surface area contributed by atoms with Crippen LogP contribution in [0.15, 0.2) is 48.5 Å². The van der Waals surface area contributed by atoms with Crippen LogP contribution in [0.4, 0.5) is 21.9 Å². The van der Waals surface area contributed by atoms with Crippen LogP contribution < -0.4 is 15.1 Å². The molecule has 0 spiro atoms. The number of piperazine rings is 1. The number of nitrogens with one attached hydrogen (secondary N) is 1. The lowest BCUT2D eigenvalue weighted by molar-refractivity contribution is 0.208. The molecule has 1 fully saturated rings. The van der Waals surface area contributed by atoms with Crippen LogP contribution >= 0.6 is 0 Å². The van der Waals surface area contributed by atoms with Crippen molar-refractivity contribution in [2.75, 3.05) is 54.4 Å². The molecule has 0 aliphatic carbocycles. The standard InChI is InChI=1S/C23H32N4O/c1-4-19-7-9-20(10-8-19)24-23(28)27-17-15-26(16-18-27)22-13-11-21(12-14-22)25(5-2)6-3/h7-14H,4-6,15-18H2,1-3H3,(H,24,28). The molecule has 1 N–H and O–H groups in total. The van der Waals surface area contributed by atoms with Gasteiger partial charge in [-0.25, -0.2) is 4.79 Å². The number of aryl methyl sites for hydroxylation is 1. The molecule has 1 aliphatic heterocycles. The summed E-state index contributed by atoms with van der Waals surface area (Å²) in [6, 6.07) is 16.8. The predicted molar refractivity (Wildman–Crippen MR) is 119 cm³/mol. The molecular formula is C23H32N4O. The first-order valence-corrected chi connectivity index (χ1v) is 10.4. The summed E-state index contributed by atoms with van der Waals surface area (Å²) in [6.07, 6.45) is 1.01. The molecule has 5 heteroatoms. The second-order valence-electron chi connectivity index (χ2n) is 7.14. The molecule has 0 aromatic heterocycles. The average Bonchev–Trinajstić information content (AvgIpc) is 2.76. The topological polar surface area (TPSA) is 38.8 Å². The van der Waals surface area contributed by atoms with E-state index in [4.69, 9.17) is 0 Å². The Bertz CT molecular complexity index is 745. The van der Waals surface area contributed by atoms with E-state index in [1.165, 1.54) is 16.9 Å². The van der Waals surface area contributed by atoms with Gasteiger partial charge >= 0.3 is 6.03 Å². The van der Waals surface area contributed by atoms with Gasteiger partial charge in [0.1, 0.15) is 0 Å². The van der Waals surface area contributed by atoms with Crippen LogP contribution in [0.1, 0.15) is 26.3 Å². The summed E-state index contributed by atoms with van der Waals surface area (Å²) in [4.78, 5) is 19.1. The van der Waals surface area contributed by atoms with Crippen molar-refractivity contribution in [2.45, 2.75) is 27.2 Å². The van der Waals surface area contributed by atoms with Crippen LogP contribution in [0, 0.1) is 0 Å². The van der Waals surface area contributed by atoms with Crippen molar-refractivity contribution in [3.8, 4) is 0 Å². The first-order chi connectivity index (χ1) is 13.6. The fourth-order valence-electron chi connectivity index (χ4n) is 3.66. The number of anilines is 3. The Morgan fingerprint density at radius 2 is 1.50 bits per heavy atom. The lowest BCUT2D eigenvalue weighted by atomic mass is 10.1. The molecule has 3 rings (SSSR count). The van der Waals surface area contributed by atoms with Gasteiger partial charge in [-0.05, 0) is 62.2 Å². The molecular weight excluding hydrogens is 348 g/mol. The van der Waals surface area contributed by atoms with E-state index in [0.29, 0.717) is 0 Å². The first kappa shape index (κ1) is 20.1. The van der Waals surface area contributed by atoms with Gasteiger partial charge < -0.3 is 20.0 Å². The number of urea groups is 1. The molecule has 0 atom stereocenters. The van der Waals surface area contributed by atoms with Gasteiger partial charge in [0.15, 0.2) is 0 Å². The van der Waals surface area contributed by atoms with Crippen molar-refractivity contribution in [3.05, 3.63) is 54.1 Å². The third-order valence-corrected chi connectivity index (χ3v) is 5.52. The van der Waals surface area contributed by atoms with Crippen LogP contribution in [0.2, 0.25) is 0 Å². The molecule has 0 radical (unpaired) electrons. The molecule has 28 heavy (non-hydrogen) atoms. The second kappa shape index (κ2) is 9.49. The number of carbonyl (C=O) groups excluding carboxylic acids is 1. The monoisotopic (exact) mass is 380 g/mol. The lowest BCUT2D eigenvalue weighted by Crippen LogP contribution is -2.50. The van der Waals surface area contributed by atoms with E-state index in [1.807, 2.05) is 17.0 Å². The Balaban J connectivity index is 1.52. The predicted octanol–water partition coefficient (Wildman–Crippen LogP) is 4.45. The van der Waals surface area contributed by atoms with E-state index < -0.39 is 0 Å². The lowest BCUT2D eigenvalue weighted by Gasteiger charge is -2.36. The summed E-state index contributed by atoms with van der Waals surface area (Å²) >= 11 is 0. The highest BCUT2D eigenvalue weighted by atomic mass is 16.2. The van der Waals surface area contributed by atoms with Crippen LogP contribution in [-0.2, 0) is 6.42 Å². The van der Waals surface area contributed by atoms with E-state index in [0.717, 1.165) is 51.4 Å². The van der Waals surface area contributed by atoms with Gasteiger partial charge in [0.25, 0.3) is 0 Å². The summed E-state index contributed by atoms with van der Waals surface area (Å²) in [6.45, 7) is 11.7. The molecule has 1 heterocycles. The van der Waals surface area contributed by atoms with Crippen molar-refractivity contribution in [1.82, 2.24) is 4.90 Å². The Labute approximate surface area is 168 Å². The molecule has 5 nitrogen and oxygen atoms in total. The Morgan fingerprint density at radius 1 is 0.893 bits per heavy atom. The quantitative estimate of drug-likeness (QED) is 0.805.